The third-order valence-corrected chi connectivity index (χ3v) is 5.96. The number of ether oxygens (including phenoxy) is 1. The molecular weight excluding hydrogens is 314 g/mol. The lowest BCUT2D eigenvalue weighted by Crippen LogP contribution is -2.47. The molecule has 140 valence electrons. The van der Waals surface area contributed by atoms with E-state index >= 15 is 0 Å². The average Bonchev–Trinajstić information content (AvgIpc) is 3.16. The van der Waals surface area contributed by atoms with Gasteiger partial charge < -0.3 is 14.2 Å². The van der Waals surface area contributed by atoms with Crippen LogP contribution in [0.25, 0.3) is 0 Å². The molecule has 0 unspecified atom stereocenters. The fourth-order valence-electron chi connectivity index (χ4n) is 4.70. The van der Waals surface area contributed by atoms with E-state index in [1.165, 1.54) is 5.69 Å². The van der Waals surface area contributed by atoms with Crippen molar-refractivity contribution in [3.63, 3.8) is 0 Å². The van der Waals surface area contributed by atoms with Crippen LogP contribution >= 0.6 is 0 Å². The summed E-state index contributed by atoms with van der Waals surface area (Å²) in [6.45, 7) is 16.1. The van der Waals surface area contributed by atoms with Crippen molar-refractivity contribution in [3.8, 4) is 0 Å². The van der Waals surface area contributed by atoms with Crippen LogP contribution in [-0.4, -0.2) is 65.7 Å². The van der Waals surface area contributed by atoms with E-state index < -0.39 is 0 Å². The van der Waals surface area contributed by atoms with Crippen LogP contribution in [0.1, 0.15) is 55.0 Å². The van der Waals surface area contributed by atoms with Crippen molar-refractivity contribution in [2.75, 3.05) is 39.4 Å². The molecule has 1 aromatic heterocycles. The van der Waals surface area contributed by atoms with Gasteiger partial charge in [-0.1, -0.05) is 13.3 Å². The molecule has 0 aliphatic carbocycles. The van der Waals surface area contributed by atoms with Gasteiger partial charge in [-0.3, -0.25) is 9.69 Å². The number of amides is 1. The van der Waals surface area contributed by atoms with Crippen LogP contribution in [0.5, 0.6) is 0 Å². The molecule has 3 heterocycles. The molecule has 0 aromatic carbocycles. The smallest absolute Gasteiger partial charge is 0.255 e. The van der Waals surface area contributed by atoms with E-state index in [0.29, 0.717) is 18.0 Å². The fraction of sp³-hybridized carbons (Fsp3) is 0.750. The molecule has 5 heteroatoms. The number of aryl methyl sites for hydroxylation is 1. The van der Waals surface area contributed by atoms with Crippen molar-refractivity contribution in [2.45, 2.75) is 53.1 Å². The van der Waals surface area contributed by atoms with Gasteiger partial charge in [0.2, 0.25) is 0 Å². The maximum atomic E-state index is 13.2. The lowest BCUT2D eigenvalue weighted by molar-refractivity contribution is 0.0103. The fourth-order valence-corrected chi connectivity index (χ4v) is 4.70. The first-order valence-corrected chi connectivity index (χ1v) is 9.73. The molecule has 1 amide bonds. The summed E-state index contributed by atoms with van der Waals surface area (Å²) in [7, 11) is 0. The molecule has 2 fully saturated rings. The molecule has 0 bridgehead atoms. The highest BCUT2D eigenvalue weighted by Gasteiger charge is 2.38. The number of carbonyl (C=O) groups excluding carboxylic acids is 1. The summed E-state index contributed by atoms with van der Waals surface area (Å²) in [5, 5.41) is 0. The first-order chi connectivity index (χ1) is 11.9. The highest BCUT2D eigenvalue weighted by Crippen LogP contribution is 2.29. The zero-order valence-electron chi connectivity index (χ0n) is 16.4. The van der Waals surface area contributed by atoms with Crippen molar-refractivity contribution in [3.05, 3.63) is 23.0 Å². The molecule has 0 radical (unpaired) electrons. The molecule has 2 aliphatic rings. The minimum atomic E-state index is 0.203. The van der Waals surface area contributed by atoms with E-state index in [-0.39, 0.29) is 5.91 Å². The molecule has 3 rings (SSSR count). The highest BCUT2D eigenvalue weighted by molar-refractivity contribution is 5.96. The van der Waals surface area contributed by atoms with Crippen LogP contribution in [0, 0.1) is 19.8 Å². The van der Waals surface area contributed by atoms with Crippen LogP contribution in [0.4, 0.5) is 0 Å². The second kappa shape index (κ2) is 7.50. The molecule has 5 nitrogen and oxygen atoms in total. The van der Waals surface area contributed by atoms with Gasteiger partial charge in [0, 0.05) is 49.7 Å². The SMILES string of the molecule is CC[C@@H]1CN(C(=O)c2cc(C)n(C(C)C)c2C)C[C@@H]1N1CCOCC1. The monoisotopic (exact) mass is 347 g/mol. The number of nitrogens with zero attached hydrogens (tertiary/aromatic N) is 3. The van der Waals surface area contributed by atoms with Gasteiger partial charge in [-0.15, -0.1) is 0 Å². The molecular formula is C20H33N3O2. The Kier molecular flexibility index (Phi) is 5.54. The normalized spacial score (nSPS) is 25.1. The lowest BCUT2D eigenvalue weighted by atomic mass is 9.99. The Balaban J connectivity index is 1.78. The van der Waals surface area contributed by atoms with Gasteiger partial charge in [0.15, 0.2) is 0 Å². The largest absolute Gasteiger partial charge is 0.379 e. The van der Waals surface area contributed by atoms with Gasteiger partial charge in [0.25, 0.3) is 5.91 Å². The minimum absolute atomic E-state index is 0.203. The quantitative estimate of drug-likeness (QED) is 0.840. The molecule has 0 N–H and O–H groups in total. The van der Waals surface area contributed by atoms with Crippen molar-refractivity contribution >= 4 is 5.91 Å². The van der Waals surface area contributed by atoms with Gasteiger partial charge in [-0.25, -0.2) is 0 Å². The van der Waals surface area contributed by atoms with Gasteiger partial charge in [0.05, 0.1) is 18.8 Å². The first kappa shape index (κ1) is 18.5. The minimum Gasteiger partial charge on any atom is -0.379 e. The zero-order chi connectivity index (χ0) is 18.1. The van der Waals surface area contributed by atoms with Gasteiger partial charge in [0.1, 0.15) is 0 Å². The number of likely N-dealkylation sites (tertiary alicyclic amines) is 1. The number of hydrogen-bond donors (Lipinski definition) is 0. The second-order valence-electron chi connectivity index (χ2n) is 7.84. The van der Waals surface area contributed by atoms with E-state index in [0.717, 1.165) is 57.1 Å². The summed E-state index contributed by atoms with van der Waals surface area (Å²) in [5.41, 5.74) is 3.15. The predicted octanol–water partition coefficient (Wildman–Crippen LogP) is 2.87. The molecule has 25 heavy (non-hydrogen) atoms. The first-order valence-electron chi connectivity index (χ1n) is 9.73. The molecule has 0 saturated carbocycles. The zero-order valence-corrected chi connectivity index (χ0v) is 16.4. The van der Waals surface area contributed by atoms with E-state index in [1.807, 2.05) is 0 Å². The standard InChI is InChI=1S/C20H33N3O2/c1-6-17-12-22(13-19(17)21-7-9-25-10-8-21)20(24)18-11-15(4)23(14(2)3)16(18)5/h11,14,17,19H,6-10,12-13H2,1-5H3/t17-,19+/m1/s1. The Hall–Kier alpha value is -1.33. The number of aromatic nitrogens is 1. The van der Waals surface area contributed by atoms with Crippen molar-refractivity contribution in [1.82, 2.24) is 14.4 Å². The van der Waals surface area contributed by atoms with Crippen LogP contribution in [0.15, 0.2) is 6.07 Å². The Morgan fingerprint density at radius 3 is 2.48 bits per heavy atom. The number of carbonyl (C=O) groups is 1. The molecule has 2 aliphatic heterocycles. The molecule has 2 atom stereocenters. The Morgan fingerprint density at radius 2 is 1.92 bits per heavy atom. The van der Waals surface area contributed by atoms with Crippen LogP contribution in [-0.2, 0) is 4.74 Å². The van der Waals surface area contributed by atoms with Gasteiger partial charge >= 0.3 is 0 Å². The van der Waals surface area contributed by atoms with Gasteiger partial charge in [-0.05, 0) is 39.7 Å². The maximum absolute atomic E-state index is 13.2. The third-order valence-electron chi connectivity index (χ3n) is 5.96. The van der Waals surface area contributed by atoms with E-state index in [1.54, 1.807) is 0 Å². The van der Waals surface area contributed by atoms with Crippen LogP contribution < -0.4 is 0 Å². The van der Waals surface area contributed by atoms with E-state index in [4.69, 9.17) is 4.74 Å². The molecule has 2 saturated heterocycles. The number of rotatable bonds is 4. The summed E-state index contributed by atoms with van der Waals surface area (Å²) < 4.78 is 7.76. The highest BCUT2D eigenvalue weighted by atomic mass is 16.5. The molecule has 0 spiro atoms. The lowest BCUT2D eigenvalue weighted by Gasteiger charge is -2.34. The Morgan fingerprint density at radius 1 is 1.24 bits per heavy atom. The Bertz CT molecular complexity index is 617. The van der Waals surface area contributed by atoms with Gasteiger partial charge in [-0.2, -0.15) is 0 Å². The third kappa shape index (κ3) is 3.49. The molecule has 1 aromatic rings. The summed E-state index contributed by atoms with van der Waals surface area (Å²) in [4.78, 5) is 17.8. The summed E-state index contributed by atoms with van der Waals surface area (Å²) in [6, 6.07) is 2.93. The predicted molar refractivity (Wildman–Crippen MR) is 100 cm³/mol. The van der Waals surface area contributed by atoms with E-state index in [9.17, 15) is 4.79 Å². The summed E-state index contributed by atoms with van der Waals surface area (Å²) >= 11 is 0. The van der Waals surface area contributed by atoms with E-state index in [2.05, 4.69) is 55.1 Å². The topological polar surface area (TPSA) is 37.7 Å². The number of hydrogen-bond acceptors (Lipinski definition) is 3. The maximum Gasteiger partial charge on any atom is 0.255 e. The summed E-state index contributed by atoms with van der Waals surface area (Å²) in [6.07, 6.45) is 1.12. The van der Waals surface area contributed by atoms with Crippen molar-refractivity contribution < 1.29 is 9.53 Å². The average molecular weight is 348 g/mol. The number of morpholine rings is 1. The van der Waals surface area contributed by atoms with Crippen molar-refractivity contribution in [2.24, 2.45) is 5.92 Å². The van der Waals surface area contributed by atoms with Crippen LogP contribution in [0.2, 0.25) is 0 Å². The summed E-state index contributed by atoms with van der Waals surface area (Å²) in [5.74, 6) is 0.768. The Labute approximate surface area is 151 Å². The van der Waals surface area contributed by atoms with Crippen LogP contribution in [0.3, 0.4) is 0 Å². The van der Waals surface area contributed by atoms with Crippen molar-refractivity contribution in [1.29, 1.82) is 0 Å². The second-order valence-corrected chi connectivity index (χ2v) is 7.84.